The Hall–Kier alpha value is -1.50. The molecule has 0 aromatic heterocycles. The van der Waals surface area contributed by atoms with Crippen molar-refractivity contribution < 1.29 is 13.9 Å². The number of likely N-dealkylation sites (N-methyl/N-ethyl adjacent to an activating group) is 1. The normalized spacial score (nSPS) is 19.5. The highest BCUT2D eigenvalue weighted by atomic mass is 19.1. The third-order valence-electron chi connectivity index (χ3n) is 3.65. The van der Waals surface area contributed by atoms with Crippen LogP contribution in [0.15, 0.2) is 18.2 Å². The van der Waals surface area contributed by atoms with Gasteiger partial charge >= 0.3 is 0 Å². The van der Waals surface area contributed by atoms with E-state index in [1.807, 2.05) is 6.92 Å². The number of carbonyl (C=O) groups is 1. The summed E-state index contributed by atoms with van der Waals surface area (Å²) in [6.07, 6.45) is 0. The Labute approximate surface area is 124 Å². The first-order valence-corrected chi connectivity index (χ1v) is 7.22. The molecular weight excluding hydrogens is 273 g/mol. The predicted molar refractivity (Wildman–Crippen MR) is 78.0 cm³/mol. The average Bonchev–Trinajstić information content (AvgIpc) is 2.49. The predicted octanol–water partition coefficient (Wildman–Crippen LogP) is 0.621. The lowest BCUT2D eigenvalue weighted by molar-refractivity contribution is -0.132. The first-order valence-electron chi connectivity index (χ1n) is 7.22. The second-order valence-electron chi connectivity index (χ2n) is 5.07. The van der Waals surface area contributed by atoms with Crippen LogP contribution in [0.4, 0.5) is 4.39 Å². The summed E-state index contributed by atoms with van der Waals surface area (Å²) in [6, 6.07) is 4.31. The van der Waals surface area contributed by atoms with E-state index in [-0.39, 0.29) is 24.3 Å². The highest BCUT2D eigenvalue weighted by Crippen LogP contribution is 2.17. The first-order chi connectivity index (χ1) is 10.2. The summed E-state index contributed by atoms with van der Waals surface area (Å²) in [5.74, 6) is -0.324. The summed E-state index contributed by atoms with van der Waals surface area (Å²) < 4.78 is 18.7. The van der Waals surface area contributed by atoms with Gasteiger partial charge in [0.2, 0.25) is 5.91 Å². The number of rotatable bonds is 5. The van der Waals surface area contributed by atoms with Gasteiger partial charge in [-0.2, -0.15) is 0 Å². The molecule has 1 heterocycles. The molecule has 0 saturated carbocycles. The molecule has 1 unspecified atom stereocenters. The number of morpholine rings is 1. The Bertz CT molecular complexity index is 496. The maximum Gasteiger partial charge on any atom is 0.239 e. The first kappa shape index (κ1) is 15.9. The van der Waals surface area contributed by atoms with Crippen molar-refractivity contribution in [1.82, 2.24) is 10.2 Å². The quantitative estimate of drug-likeness (QED) is 0.836. The summed E-state index contributed by atoms with van der Waals surface area (Å²) in [5, 5.41) is 2.82. The molecule has 0 aliphatic carbocycles. The Morgan fingerprint density at radius 2 is 2.33 bits per heavy atom. The molecule has 0 radical (unpaired) electrons. The molecule has 1 aliphatic rings. The van der Waals surface area contributed by atoms with E-state index in [1.165, 1.54) is 12.1 Å². The van der Waals surface area contributed by atoms with E-state index in [2.05, 4.69) is 10.2 Å². The SMILES string of the molecule is CCNC(=O)C1COCCN1Cc1ccc(F)cc1CN. The van der Waals surface area contributed by atoms with Crippen molar-refractivity contribution in [2.75, 3.05) is 26.3 Å². The van der Waals surface area contributed by atoms with Crippen molar-refractivity contribution in [3.63, 3.8) is 0 Å². The minimum Gasteiger partial charge on any atom is -0.378 e. The van der Waals surface area contributed by atoms with Gasteiger partial charge in [0.15, 0.2) is 0 Å². The standard InChI is InChI=1S/C15H22FN3O2/c1-2-18-15(20)14-10-21-6-5-19(14)9-11-3-4-13(16)7-12(11)8-17/h3-4,7,14H,2,5-6,8-10,17H2,1H3,(H,18,20). The van der Waals surface area contributed by atoms with E-state index in [0.29, 0.717) is 32.8 Å². The van der Waals surface area contributed by atoms with Crippen LogP contribution in [0.3, 0.4) is 0 Å². The van der Waals surface area contributed by atoms with Gasteiger partial charge in [0, 0.05) is 26.2 Å². The molecule has 3 N–H and O–H groups in total. The van der Waals surface area contributed by atoms with E-state index in [0.717, 1.165) is 11.1 Å². The minimum atomic E-state index is -0.311. The maximum atomic E-state index is 13.3. The fourth-order valence-corrected chi connectivity index (χ4v) is 2.52. The van der Waals surface area contributed by atoms with Crippen LogP contribution < -0.4 is 11.1 Å². The van der Waals surface area contributed by atoms with E-state index >= 15 is 0 Å². The van der Waals surface area contributed by atoms with Crippen molar-refractivity contribution in [3.05, 3.63) is 35.1 Å². The highest BCUT2D eigenvalue weighted by Gasteiger charge is 2.29. The molecule has 5 nitrogen and oxygen atoms in total. The van der Waals surface area contributed by atoms with Crippen LogP contribution >= 0.6 is 0 Å². The van der Waals surface area contributed by atoms with Crippen LogP contribution in [0.1, 0.15) is 18.1 Å². The van der Waals surface area contributed by atoms with Crippen LogP contribution in [-0.4, -0.2) is 43.2 Å². The number of nitrogens with one attached hydrogen (secondary N) is 1. The van der Waals surface area contributed by atoms with Crippen molar-refractivity contribution >= 4 is 5.91 Å². The summed E-state index contributed by atoms with van der Waals surface area (Å²) in [4.78, 5) is 14.1. The van der Waals surface area contributed by atoms with Gasteiger partial charge in [-0.1, -0.05) is 6.07 Å². The van der Waals surface area contributed by atoms with Gasteiger partial charge in [0.1, 0.15) is 11.9 Å². The molecule has 0 bridgehead atoms. The molecule has 1 aromatic carbocycles. The average molecular weight is 295 g/mol. The third kappa shape index (κ3) is 4.00. The number of hydrogen-bond acceptors (Lipinski definition) is 4. The van der Waals surface area contributed by atoms with Crippen LogP contribution in [-0.2, 0) is 22.6 Å². The van der Waals surface area contributed by atoms with Gasteiger partial charge in [-0.3, -0.25) is 9.69 Å². The van der Waals surface area contributed by atoms with E-state index in [9.17, 15) is 9.18 Å². The number of ether oxygens (including phenoxy) is 1. The zero-order chi connectivity index (χ0) is 15.2. The van der Waals surface area contributed by atoms with E-state index < -0.39 is 0 Å². The maximum absolute atomic E-state index is 13.3. The molecule has 1 aromatic rings. The van der Waals surface area contributed by atoms with Gasteiger partial charge in [0.25, 0.3) is 0 Å². The highest BCUT2D eigenvalue weighted by molar-refractivity contribution is 5.81. The molecule has 21 heavy (non-hydrogen) atoms. The molecule has 1 atom stereocenters. The molecule has 1 aliphatic heterocycles. The number of nitrogens with two attached hydrogens (primary N) is 1. The molecule has 116 valence electrons. The van der Waals surface area contributed by atoms with Crippen LogP contribution in [0, 0.1) is 5.82 Å². The molecule has 6 heteroatoms. The summed E-state index contributed by atoms with van der Waals surface area (Å²) in [6.45, 7) is 4.97. The number of benzene rings is 1. The van der Waals surface area contributed by atoms with Gasteiger partial charge in [-0.15, -0.1) is 0 Å². The molecule has 1 saturated heterocycles. The molecular formula is C15H22FN3O2. The van der Waals surface area contributed by atoms with Crippen molar-refractivity contribution in [1.29, 1.82) is 0 Å². The summed E-state index contributed by atoms with van der Waals surface area (Å²) in [5.41, 5.74) is 7.41. The summed E-state index contributed by atoms with van der Waals surface area (Å²) >= 11 is 0. The second-order valence-corrected chi connectivity index (χ2v) is 5.07. The van der Waals surface area contributed by atoms with Crippen LogP contribution in [0.5, 0.6) is 0 Å². The zero-order valence-corrected chi connectivity index (χ0v) is 12.3. The van der Waals surface area contributed by atoms with E-state index in [1.54, 1.807) is 6.07 Å². The van der Waals surface area contributed by atoms with Crippen LogP contribution in [0.2, 0.25) is 0 Å². The zero-order valence-electron chi connectivity index (χ0n) is 12.3. The molecule has 0 spiro atoms. The largest absolute Gasteiger partial charge is 0.378 e. The topological polar surface area (TPSA) is 67.6 Å². The van der Waals surface area contributed by atoms with Crippen molar-refractivity contribution in [2.24, 2.45) is 5.73 Å². The van der Waals surface area contributed by atoms with Crippen molar-refractivity contribution in [2.45, 2.75) is 26.1 Å². The molecule has 1 amide bonds. The second kappa shape index (κ2) is 7.49. The van der Waals surface area contributed by atoms with E-state index in [4.69, 9.17) is 10.5 Å². The smallest absolute Gasteiger partial charge is 0.239 e. The van der Waals surface area contributed by atoms with Crippen molar-refractivity contribution in [3.8, 4) is 0 Å². The fraction of sp³-hybridized carbons (Fsp3) is 0.533. The Balaban J connectivity index is 2.13. The number of nitrogens with zero attached hydrogens (tertiary/aromatic N) is 1. The Morgan fingerprint density at radius 1 is 1.52 bits per heavy atom. The Morgan fingerprint density at radius 3 is 3.05 bits per heavy atom. The van der Waals surface area contributed by atoms with Gasteiger partial charge < -0.3 is 15.8 Å². The molecule has 1 fully saturated rings. The minimum absolute atomic E-state index is 0.0337. The third-order valence-corrected chi connectivity index (χ3v) is 3.65. The van der Waals surface area contributed by atoms with Gasteiger partial charge in [-0.25, -0.2) is 4.39 Å². The molecule has 2 rings (SSSR count). The summed E-state index contributed by atoms with van der Waals surface area (Å²) in [7, 11) is 0. The van der Waals surface area contributed by atoms with Crippen LogP contribution in [0.25, 0.3) is 0 Å². The lowest BCUT2D eigenvalue weighted by atomic mass is 10.1. The number of hydrogen-bond donors (Lipinski definition) is 2. The Kier molecular flexibility index (Phi) is 5.67. The fourth-order valence-electron chi connectivity index (χ4n) is 2.52. The van der Waals surface area contributed by atoms with Gasteiger partial charge in [0.05, 0.1) is 13.2 Å². The van der Waals surface area contributed by atoms with Gasteiger partial charge in [-0.05, 0) is 30.2 Å². The lowest BCUT2D eigenvalue weighted by Crippen LogP contribution is -2.53. The lowest BCUT2D eigenvalue weighted by Gasteiger charge is -2.34. The number of halogens is 1. The monoisotopic (exact) mass is 295 g/mol. The number of amides is 1. The number of carbonyl (C=O) groups excluding carboxylic acids is 1.